The molecule has 3 heteroatoms. The maximum absolute atomic E-state index is 4.59. The minimum atomic E-state index is 0.490. The van der Waals surface area contributed by atoms with E-state index in [1.54, 1.807) is 0 Å². The van der Waals surface area contributed by atoms with Gasteiger partial charge >= 0.3 is 0 Å². The molecule has 0 unspecified atom stereocenters. The Kier molecular flexibility index (Phi) is 10.1. The molecule has 0 aliphatic carbocycles. The Morgan fingerprint density at radius 1 is 1.12 bits per heavy atom. The summed E-state index contributed by atoms with van der Waals surface area (Å²) in [5.41, 5.74) is 0.490. The van der Waals surface area contributed by atoms with Gasteiger partial charge in [-0.15, -0.1) is 0 Å². The highest BCUT2D eigenvalue weighted by Gasteiger charge is 2.26. The first kappa shape index (κ1) is 16.7. The fraction of sp³-hybridized carbons (Fsp3) is 1.00. The predicted molar refractivity (Wildman–Crippen MR) is 82.0 cm³/mol. The maximum Gasteiger partial charge on any atom is 0.00662 e. The van der Waals surface area contributed by atoms with E-state index in [0.29, 0.717) is 5.41 Å². The Bertz CT molecular complexity index is 154. The van der Waals surface area contributed by atoms with E-state index in [9.17, 15) is 0 Å². The van der Waals surface area contributed by atoms with Crippen LogP contribution in [0.15, 0.2) is 0 Å². The van der Waals surface area contributed by atoms with Gasteiger partial charge in [-0.1, -0.05) is 26.7 Å². The van der Waals surface area contributed by atoms with Crippen molar-refractivity contribution in [2.75, 3.05) is 37.9 Å². The molecule has 0 heterocycles. The van der Waals surface area contributed by atoms with E-state index >= 15 is 0 Å². The topological polar surface area (TPSA) is 3.24 Å². The van der Waals surface area contributed by atoms with Crippen molar-refractivity contribution < 1.29 is 0 Å². The van der Waals surface area contributed by atoms with Crippen LogP contribution in [0.3, 0.4) is 0 Å². The molecule has 0 radical (unpaired) electrons. The number of nitrogens with zero attached hydrogens (tertiary/aromatic N) is 1. The van der Waals surface area contributed by atoms with E-state index in [0.717, 1.165) is 5.75 Å². The summed E-state index contributed by atoms with van der Waals surface area (Å²) in [6.07, 6.45) is 5.24. The summed E-state index contributed by atoms with van der Waals surface area (Å²) in [4.78, 5) is 2.26. The molecular weight excluding hydrogens is 234 g/mol. The minimum Gasteiger partial charge on any atom is -0.309 e. The van der Waals surface area contributed by atoms with Gasteiger partial charge in [0, 0.05) is 12.3 Å². The molecule has 0 saturated heterocycles. The van der Waals surface area contributed by atoms with Crippen LogP contribution in [0, 0.1) is 5.41 Å². The van der Waals surface area contributed by atoms with Gasteiger partial charge in [-0.3, -0.25) is 0 Å². The van der Waals surface area contributed by atoms with Crippen LogP contribution in [0.25, 0.3) is 0 Å². The smallest absolute Gasteiger partial charge is 0.00662 e. The Balaban J connectivity index is 3.98. The maximum atomic E-state index is 4.59. The van der Waals surface area contributed by atoms with Crippen molar-refractivity contribution in [2.24, 2.45) is 5.41 Å². The Morgan fingerprint density at radius 3 is 2.06 bits per heavy atom. The lowest BCUT2D eigenvalue weighted by molar-refractivity contribution is 0.318. The first-order valence-corrected chi connectivity index (χ1v) is 8.22. The number of hydrogen-bond acceptors (Lipinski definition) is 3. The summed E-state index contributed by atoms with van der Waals surface area (Å²) < 4.78 is 0. The van der Waals surface area contributed by atoms with Crippen LogP contribution in [-0.2, 0) is 0 Å². The molecule has 0 fully saturated rings. The van der Waals surface area contributed by atoms with Gasteiger partial charge < -0.3 is 4.90 Å². The lowest BCUT2D eigenvalue weighted by Crippen LogP contribution is -2.27. The molecule has 0 N–H and O–H groups in total. The van der Waals surface area contributed by atoms with Crippen LogP contribution in [0.5, 0.6) is 0 Å². The van der Waals surface area contributed by atoms with Gasteiger partial charge in [-0.25, -0.2) is 0 Å². The van der Waals surface area contributed by atoms with E-state index in [2.05, 4.69) is 57.2 Å². The van der Waals surface area contributed by atoms with Crippen LogP contribution in [-0.4, -0.2) is 42.8 Å². The molecule has 1 nitrogen and oxygen atoms in total. The van der Waals surface area contributed by atoms with E-state index in [4.69, 9.17) is 0 Å². The number of thioether (sulfide) groups is 1. The Labute approximate surface area is 112 Å². The second-order valence-electron chi connectivity index (χ2n) is 5.01. The van der Waals surface area contributed by atoms with Crippen molar-refractivity contribution in [1.82, 2.24) is 4.90 Å². The summed E-state index contributed by atoms with van der Waals surface area (Å²) in [7, 11) is 4.29. The summed E-state index contributed by atoms with van der Waals surface area (Å²) in [6, 6.07) is 0. The zero-order valence-corrected chi connectivity index (χ0v) is 13.2. The highest BCUT2D eigenvalue weighted by Crippen LogP contribution is 2.34. The third kappa shape index (κ3) is 7.08. The molecule has 16 heavy (non-hydrogen) atoms. The third-order valence-corrected chi connectivity index (χ3v) is 4.95. The second-order valence-corrected chi connectivity index (χ2v) is 6.44. The molecule has 0 saturated carbocycles. The largest absolute Gasteiger partial charge is 0.309 e. The highest BCUT2D eigenvalue weighted by atomic mass is 32.2. The molecular formula is C13H29NS2. The first-order valence-electron chi connectivity index (χ1n) is 6.43. The SMILES string of the molecule is CCCC(CS)(CCC)CSCCN(C)C. The molecule has 0 spiro atoms. The van der Waals surface area contributed by atoms with Gasteiger partial charge in [-0.2, -0.15) is 24.4 Å². The lowest BCUT2D eigenvalue weighted by atomic mass is 9.83. The standard InChI is InChI=1S/C13H29NS2/c1-5-7-13(11-15,8-6-2)12-16-10-9-14(3)4/h15H,5-12H2,1-4H3. The number of rotatable bonds is 10. The normalized spacial score (nSPS) is 12.4. The molecule has 0 aromatic rings. The van der Waals surface area contributed by atoms with Gasteiger partial charge in [0.05, 0.1) is 0 Å². The first-order chi connectivity index (χ1) is 7.60. The second kappa shape index (κ2) is 9.67. The molecule has 98 valence electrons. The number of hydrogen-bond donors (Lipinski definition) is 1. The van der Waals surface area contributed by atoms with Crippen LogP contribution in [0.4, 0.5) is 0 Å². The summed E-state index contributed by atoms with van der Waals surface area (Å²) in [5.74, 6) is 3.58. The predicted octanol–water partition coefficient (Wildman–Crippen LogP) is 3.80. The van der Waals surface area contributed by atoms with Gasteiger partial charge in [-0.05, 0) is 43.9 Å². The third-order valence-electron chi connectivity index (χ3n) is 2.99. The fourth-order valence-electron chi connectivity index (χ4n) is 2.07. The van der Waals surface area contributed by atoms with Gasteiger partial charge in [0.15, 0.2) is 0 Å². The zero-order chi connectivity index (χ0) is 12.4. The zero-order valence-electron chi connectivity index (χ0n) is 11.5. The van der Waals surface area contributed by atoms with E-state index in [1.807, 2.05) is 0 Å². The molecule has 0 aliphatic rings. The number of thiol groups is 1. The Hall–Kier alpha value is 0.660. The highest BCUT2D eigenvalue weighted by molar-refractivity contribution is 7.99. The van der Waals surface area contributed by atoms with Crippen molar-refractivity contribution in [1.29, 1.82) is 0 Å². The average molecular weight is 264 g/mol. The van der Waals surface area contributed by atoms with E-state index in [1.165, 1.54) is 43.7 Å². The van der Waals surface area contributed by atoms with Gasteiger partial charge in [0.2, 0.25) is 0 Å². The van der Waals surface area contributed by atoms with Crippen molar-refractivity contribution in [3.63, 3.8) is 0 Å². The lowest BCUT2D eigenvalue weighted by Gasteiger charge is -2.32. The van der Waals surface area contributed by atoms with Crippen molar-refractivity contribution in [2.45, 2.75) is 39.5 Å². The molecule has 0 aromatic carbocycles. The van der Waals surface area contributed by atoms with Crippen LogP contribution >= 0.6 is 24.4 Å². The monoisotopic (exact) mass is 263 g/mol. The summed E-state index contributed by atoms with van der Waals surface area (Å²) >= 11 is 6.69. The van der Waals surface area contributed by atoms with Crippen LogP contribution in [0.2, 0.25) is 0 Å². The average Bonchev–Trinajstić information content (AvgIpc) is 2.24. The van der Waals surface area contributed by atoms with E-state index in [-0.39, 0.29) is 0 Å². The molecule has 0 rings (SSSR count). The minimum absolute atomic E-state index is 0.490. The molecule has 0 atom stereocenters. The Morgan fingerprint density at radius 2 is 1.69 bits per heavy atom. The quantitative estimate of drug-likeness (QED) is 0.472. The van der Waals surface area contributed by atoms with Crippen LogP contribution in [0.1, 0.15) is 39.5 Å². The van der Waals surface area contributed by atoms with Crippen molar-refractivity contribution in [3.05, 3.63) is 0 Å². The summed E-state index contributed by atoms with van der Waals surface area (Å²) in [5, 5.41) is 0. The van der Waals surface area contributed by atoms with E-state index < -0.39 is 0 Å². The molecule has 0 bridgehead atoms. The fourth-order valence-corrected chi connectivity index (χ4v) is 4.11. The van der Waals surface area contributed by atoms with Gasteiger partial charge in [0.25, 0.3) is 0 Å². The molecule has 0 aliphatic heterocycles. The molecule has 0 aromatic heterocycles. The van der Waals surface area contributed by atoms with Gasteiger partial charge in [0.1, 0.15) is 0 Å². The van der Waals surface area contributed by atoms with Crippen molar-refractivity contribution in [3.8, 4) is 0 Å². The van der Waals surface area contributed by atoms with Crippen LogP contribution < -0.4 is 0 Å². The summed E-state index contributed by atoms with van der Waals surface area (Å²) in [6.45, 7) is 5.77. The van der Waals surface area contributed by atoms with Crippen molar-refractivity contribution >= 4 is 24.4 Å². The molecule has 0 amide bonds.